The van der Waals surface area contributed by atoms with Gasteiger partial charge in [0.1, 0.15) is 11.7 Å². The number of rotatable bonds is 6. The first-order valence-corrected chi connectivity index (χ1v) is 9.99. The van der Waals surface area contributed by atoms with E-state index < -0.39 is 29.7 Å². The third-order valence-corrected chi connectivity index (χ3v) is 5.33. The van der Waals surface area contributed by atoms with Crippen LogP contribution in [-0.4, -0.2) is 70.8 Å². The molecule has 3 heterocycles. The van der Waals surface area contributed by atoms with Gasteiger partial charge >= 0.3 is 0 Å². The van der Waals surface area contributed by atoms with Crippen molar-refractivity contribution in [3.63, 3.8) is 0 Å². The molecule has 1 N–H and O–H groups in total. The number of likely N-dealkylation sites (N-methyl/N-ethyl adjacent to an activating group) is 1. The standard InChI is InChI=1S/C21H22N6O5/c1-25(2)13-6-4-5-12(9-13)19-23-17(32-24-19)11-26(3)15-10-18(29)27(21(15)31)14-7-8-16(28)22-20(14)30/h4-6,9-10,14H,7-8,11H2,1-3H3,(H,22,28,30). The van der Waals surface area contributed by atoms with Crippen LogP contribution in [0.5, 0.6) is 0 Å². The second-order valence-corrected chi connectivity index (χ2v) is 7.82. The number of amides is 4. The number of nitrogens with one attached hydrogen (secondary N) is 1. The van der Waals surface area contributed by atoms with Gasteiger partial charge in [-0.15, -0.1) is 0 Å². The van der Waals surface area contributed by atoms with E-state index in [1.807, 2.05) is 43.3 Å². The Labute approximate surface area is 183 Å². The van der Waals surface area contributed by atoms with Crippen LogP contribution in [-0.2, 0) is 25.7 Å². The van der Waals surface area contributed by atoms with E-state index in [2.05, 4.69) is 15.5 Å². The lowest BCUT2D eigenvalue weighted by atomic mass is 10.0. The molecule has 0 saturated carbocycles. The van der Waals surface area contributed by atoms with E-state index in [4.69, 9.17) is 4.52 Å². The Morgan fingerprint density at radius 3 is 2.69 bits per heavy atom. The summed E-state index contributed by atoms with van der Waals surface area (Å²) in [7, 11) is 5.48. The van der Waals surface area contributed by atoms with Crippen molar-refractivity contribution in [3.8, 4) is 11.4 Å². The Bertz CT molecular complexity index is 1140. The van der Waals surface area contributed by atoms with E-state index in [1.165, 1.54) is 11.0 Å². The van der Waals surface area contributed by atoms with E-state index in [-0.39, 0.29) is 31.0 Å². The summed E-state index contributed by atoms with van der Waals surface area (Å²) in [4.78, 5) is 57.5. The molecule has 2 aliphatic heterocycles. The van der Waals surface area contributed by atoms with Crippen molar-refractivity contribution in [1.29, 1.82) is 0 Å². The van der Waals surface area contributed by atoms with Crippen molar-refractivity contribution in [3.05, 3.63) is 41.9 Å². The fourth-order valence-corrected chi connectivity index (χ4v) is 3.62. The van der Waals surface area contributed by atoms with E-state index in [0.29, 0.717) is 5.82 Å². The third-order valence-electron chi connectivity index (χ3n) is 5.33. The van der Waals surface area contributed by atoms with Gasteiger partial charge in [-0.25, -0.2) is 0 Å². The van der Waals surface area contributed by atoms with Crippen molar-refractivity contribution in [1.82, 2.24) is 25.3 Å². The maximum absolute atomic E-state index is 12.9. The van der Waals surface area contributed by atoms with Crippen LogP contribution in [0, 0.1) is 0 Å². The molecule has 0 bridgehead atoms. The molecule has 0 radical (unpaired) electrons. The second-order valence-electron chi connectivity index (χ2n) is 7.82. The predicted molar refractivity (Wildman–Crippen MR) is 112 cm³/mol. The van der Waals surface area contributed by atoms with E-state index in [9.17, 15) is 19.2 Å². The van der Waals surface area contributed by atoms with Crippen LogP contribution in [0.2, 0.25) is 0 Å². The Morgan fingerprint density at radius 2 is 1.97 bits per heavy atom. The molecule has 1 unspecified atom stereocenters. The smallest absolute Gasteiger partial charge is 0.277 e. The van der Waals surface area contributed by atoms with Crippen LogP contribution in [0.25, 0.3) is 11.4 Å². The maximum Gasteiger partial charge on any atom is 0.277 e. The van der Waals surface area contributed by atoms with Gasteiger partial charge in [0.05, 0.1) is 6.54 Å². The molecule has 166 valence electrons. The van der Waals surface area contributed by atoms with Crippen molar-refractivity contribution in [2.45, 2.75) is 25.4 Å². The lowest BCUT2D eigenvalue weighted by molar-refractivity contribution is -0.150. The first-order valence-electron chi connectivity index (χ1n) is 9.99. The number of hydrogen-bond donors (Lipinski definition) is 1. The number of anilines is 1. The van der Waals surface area contributed by atoms with Gasteiger partial charge in [-0.2, -0.15) is 4.98 Å². The van der Waals surface area contributed by atoms with Gasteiger partial charge in [-0.05, 0) is 18.6 Å². The first-order chi connectivity index (χ1) is 15.2. The van der Waals surface area contributed by atoms with Crippen LogP contribution >= 0.6 is 0 Å². The zero-order valence-corrected chi connectivity index (χ0v) is 17.9. The Morgan fingerprint density at radius 1 is 1.19 bits per heavy atom. The van der Waals surface area contributed by atoms with Crippen LogP contribution in [0.4, 0.5) is 5.69 Å². The minimum absolute atomic E-state index is 0.0679. The second kappa shape index (κ2) is 8.25. The van der Waals surface area contributed by atoms with Gasteiger partial charge in [0.25, 0.3) is 11.8 Å². The fourth-order valence-electron chi connectivity index (χ4n) is 3.62. The maximum atomic E-state index is 12.9. The molecule has 11 heteroatoms. The summed E-state index contributed by atoms with van der Waals surface area (Å²) < 4.78 is 5.33. The van der Waals surface area contributed by atoms with Gasteiger partial charge in [0.15, 0.2) is 0 Å². The molecule has 1 atom stereocenters. The monoisotopic (exact) mass is 438 g/mol. The van der Waals surface area contributed by atoms with E-state index in [0.717, 1.165) is 16.2 Å². The van der Waals surface area contributed by atoms with Gasteiger partial charge in [0, 0.05) is 44.9 Å². The zero-order chi connectivity index (χ0) is 23.0. The SMILES string of the molecule is CN(Cc1nc(-c2cccc(N(C)C)c2)no1)C1=CC(=O)N(C2CCC(=O)NC2=O)C1=O. The van der Waals surface area contributed by atoms with E-state index in [1.54, 1.807) is 7.05 Å². The van der Waals surface area contributed by atoms with Crippen molar-refractivity contribution in [2.75, 3.05) is 26.0 Å². The molecule has 32 heavy (non-hydrogen) atoms. The Balaban J connectivity index is 1.46. The van der Waals surface area contributed by atoms with Gasteiger partial charge in [-0.3, -0.25) is 29.4 Å². The van der Waals surface area contributed by atoms with Crippen LogP contribution in [0.1, 0.15) is 18.7 Å². The normalized spacial score (nSPS) is 18.7. The average Bonchev–Trinajstić information content (AvgIpc) is 3.33. The number of hydrogen-bond acceptors (Lipinski definition) is 9. The van der Waals surface area contributed by atoms with E-state index >= 15 is 0 Å². The summed E-state index contributed by atoms with van der Waals surface area (Å²) in [6.45, 7) is 0.0917. The highest BCUT2D eigenvalue weighted by Gasteiger charge is 2.43. The van der Waals surface area contributed by atoms with Crippen molar-refractivity contribution >= 4 is 29.3 Å². The largest absolute Gasteiger partial charge is 0.378 e. The molecule has 1 aromatic carbocycles. The summed E-state index contributed by atoms with van der Waals surface area (Å²) in [5.74, 6) is -1.60. The summed E-state index contributed by atoms with van der Waals surface area (Å²) in [6.07, 6.45) is 1.34. The highest BCUT2D eigenvalue weighted by Crippen LogP contribution is 2.25. The average molecular weight is 438 g/mol. The molecule has 4 amide bonds. The highest BCUT2D eigenvalue weighted by atomic mass is 16.5. The number of piperidine rings is 1. The Kier molecular flexibility index (Phi) is 5.47. The topological polar surface area (TPSA) is 129 Å². The minimum atomic E-state index is -1.01. The summed E-state index contributed by atoms with van der Waals surface area (Å²) >= 11 is 0. The molecule has 1 aromatic heterocycles. The zero-order valence-electron chi connectivity index (χ0n) is 17.9. The molecule has 4 rings (SSSR count). The predicted octanol–water partition coefficient (Wildman–Crippen LogP) is 0.292. The Hall–Kier alpha value is -4.02. The summed E-state index contributed by atoms with van der Waals surface area (Å²) in [5, 5.41) is 6.17. The number of nitrogens with zero attached hydrogens (tertiary/aromatic N) is 5. The lowest BCUT2D eigenvalue weighted by Gasteiger charge is -2.29. The number of aromatic nitrogens is 2. The first kappa shape index (κ1) is 21.2. The molecule has 2 aromatic rings. The van der Waals surface area contributed by atoms with Gasteiger partial charge in [0.2, 0.25) is 23.5 Å². The highest BCUT2D eigenvalue weighted by molar-refractivity contribution is 6.18. The molecule has 2 aliphatic rings. The van der Waals surface area contributed by atoms with Gasteiger partial charge in [-0.1, -0.05) is 17.3 Å². The third kappa shape index (κ3) is 3.96. The molecule has 0 spiro atoms. The van der Waals surface area contributed by atoms with Crippen molar-refractivity contribution in [2.24, 2.45) is 0 Å². The number of carbonyl (C=O) groups excluding carboxylic acids is 4. The van der Waals surface area contributed by atoms with Crippen LogP contribution in [0.3, 0.4) is 0 Å². The molecule has 1 fully saturated rings. The molecule has 1 saturated heterocycles. The number of imide groups is 2. The summed E-state index contributed by atoms with van der Waals surface area (Å²) in [5.41, 5.74) is 1.87. The summed E-state index contributed by atoms with van der Waals surface area (Å²) in [6, 6.07) is 6.64. The number of benzene rings is 1. The minimum Gasteiger partial charge on any atom is -0.378 e. The lowest BCUT2D eigenvalue weighted by Crippen LogP contribution is -2.54. The molecule has 11 nitrogen and oxygen atoms in total. The quantitative estimate of drug-likeness (QED) is 0.633. The molecular formula is C21H22N6O5. The van der Waals surface area contributed by atoms with Crippen LogP contribution < -0.4 is 10.2 Å². The van der Waals surface area contributed by atoms with Crippen LogP contribution in [0.15, 0.2) is 40.6 Å². The fraction of sp³-hybridized carbons (Fsp3) is 0.333. The van der Waals surface area contributed by atoms with Gasteiger partial charge < -0.3 is 14.3 Å². The molecular weight excluding hydrogens is 416 g/mol. The van der Waals surface area contributed by atoms with Crippen molar-refractivity contribution < 1.29 is 23.7 Å². The molecule has 0 aliphatic carbocycles. The number of carbonyl (C=O) groups is 4.